The largest absolute Gasteiger partial charge is 0.370 e. The van der Waals surface area contributed by atoms with Crippen molar-refractivity contribution in [2.24, 2.45) is 10.7 Å². The highest BCUT2D eigenvalue weighted by atomic mass is 15.2. The van der Waals surface area contributed by atoms with Crippen molar-refractivity contribution >= 4 is 28.2 Å². The standard InChI is InChI=1S/C16H13N9/c17-16-19-5-3-10(22-16)8-6-9-12(24-25-13(9)20-7-8)15-21-11-2-1-4-18-14(11)23-15/h1-7,10H,(H3,17,19,22)(H,18,21,23)(H,20,24,25). The lowest BCUT2D eigenvalue weighted by atomic mass is 10.1. The highest BCUT2D eigenvalue weighted by Gasteiger charge is 2.17. The summed E-state index contributed by atoms with van der Waals surface area (Å²) in [7, 11) is 0. The lowest BCUT2D eigenvalue weighted by Crippen LogP contribution is -2.35. The summed E-state index contributed by atoms with van der Waals surface area (Å²) < 4.78 is 0. The number of nitrogens with zero attached hydrogens (tertiary/aromatic N) is 5. The molecule has 0 bridgehead atoms. The number of pyridine rings is 2. The quantitative estimate of drug-likeness (QED) is 0.438. The van der Waals surface area contributed by atoms with Crippen molar-refractivity contribution in [2.45, 2.75) is 6.04 Å². The van der Waals surface area contributed by atoms with E-state index in [1.54, 1.807) is 18.6 Å². The third-order valence-electron chi connectivity index (χ3n) is 4.07. The number of guanidine groups is 1. The first-order chi connectivity index (χ1) is 12.3. The zero-order valence-electron chi connectivity index (χ0n) is 12.9. The van der Waals surface area contributed by atoms with Crippen LogP contribution in [-0.2, 0) is 0 Å². The van der Waals surface area contributed by atoms with Gasteiger partial charge in [0.15, 0.2) is 23.1 Å². The summed E-state index contributed by atoms with van der Waals surface area (Å²) in [6.45, 7) is 0. The third-order valence-corrected chi connectivity index (χ3v) is 4.07. The van der Waals surface area contributed by atoms with Gasteiger partial charge in [-0.15, -0.1) is 0 Å². The van der Waals surface area contributed by atoms with Gasteiger partial charge in [0.25, 0.3) is 0 Å². The van der Waals surface area contributed by atoms with Crippen LogP contribution in [0.3, 0.4) is 0 Å². The predicted octanol–water partition coefficient (Wildman–Crippen LogP) is 1.37. The Morgan fingerprint density at radius 2 is 2.12 bits per heavy atom. The predicted molar refractivity (Wildman–Crippen MR) is 93.4 cm³/mol. The molecule has 4 aromatic heterocycles. The van der Waals surface area contributed by atoms with Gasteiger partial charge in [-0.2, -0.15) is 5.10 Å². The van der Waals surface area contributed by atoms with Gasteiger partial charge in [-0.1, -0.05) is 0 Å². The summed E-state index contributed by atoms with van der Waals surface area (Å²) in [4.78, 5) is 20.5. The van der Waals surface area contributed by atoms with Gasteiger partial charge < -0.3 is 16.0 Å². The summed E-state index contributed by atoms with van der Waals surface area (Å²) >= 11 is 0. The molecule has 5 rings (SSSR count). The molecule has 4 aromatic rings. The number of hydrogen-bond donors (Lipinski definition) is 4. The van der Waals surface area contributed by atoms with E-state index in [9.17, 15) is 0 Å². The van der Waals surface area contributed by atoms with Gasteiger partial charge in [-0.25, -0.2) is 19.9 Å². The van der Waals surface area contributed by atoms with Gasteiger partial charge in [0.05, 0.1) is 11.4 Å². The maximum absolute atomic E-state index is 5.75. The molecule has 0 aromatic carbocycles. The van der Waals surface area contributed by atoms with E-state index < -0.39 is 0 Å². The summed E-state index contributed by atoms with van der Waals surface area (Å²) in [5, 5.41) is 11.3. The average molecular weight is 331 g/mol. The lowest BCUT2D eigenvalue weighted by molar-refractivity contribution is 0.766. The molecule has 1 aliphatic heterocycles. The van der Waals surface area contributed by atoms with Crippen LogP contribution in [-0.4, -0.2) is 36.1 Å². The molecule has 5 N–H and O–H groups in total. The zero-order chi connectivity index (χ0) is 16.8. The van der Waals surface area contributed by atoms with Crippen LogP contribution in [0.2, 0.25) is 0 Å². The first kappa shape index (κ1) is 13.7. The fourth-order valence-corrected chi connectivity index (χ4v) is 2.87. The number of nitrogens with two attached hydrogens (primary N) is 1. The minimum atomic E-state index is -0.0884. The molecule has 0 radical (unpaired) electrons. The second-order valence-electron chi connectivity index (χ2n) is 5.67. The van der Waals surface area contributed by atoms with Crippen molar-refractivity contribution in [3.63, 3.8) is 0 Å². The monoisotopic (exact) mass is 331 g/mol. The Hall–Kier alpha value is -3.75. The van der Waals surface area contributed by atoms with Crippen LogP contribution in [0.5, 0.6) is 0 Å². The zero-order valence-corrected chi connectivity index (χ0v) is 12.9. The van der Waals surface area contributed by atoms with E-state index in [0.29, 0.717) is 23.1 Å². The molecular weight excluding hydrogens is 318 g/mol. The van der Waals surface area contributed by atoms with Crippen LogP contribution in [0.4, 0.5) is 0 Å². The van der Waals surface area contributed by atoms with E-state index in [0.717, 1.165) is 22.1 Å². The Labute approximate surface area is 141 Å². The van der Waals surface area contributed by atoms with Gasteiger partial charge in [0, 0.05) is 18.6 Å². The number of imidazole rings is 1. The second kappa shape index (κ2) is 5.13. The average Bonchev–Trinajstić information content (AvgIpc) is 3.24. The molecule has 25 heavy (non-hydrogen) atoms. The van der Waals surface area contributed by atoms with Gasteiger partial charge in [0.1, 0.15) is 11.2 Å². The topological polar surface area (TPSA) is 134 Å². The van der Waals surface area contributed by atoms with E-state index in [1.807, 2.05) is 24.3 Å². The molecule has 0 fully saturated rings. The fourth-order valence-electron chi connectivity index (χ4n) is 2.87. The molecule has 9 heteroatoms. The first-order valence-corrected chi connectivity index (χ1v) is 7.69. The Bertz CT molecular complexity index is 1120. The smallest absolute Gasteiger partial charge is 0.193 e. The minimum absolute atomic E-state index is 0.0884. The number of nitrogens with one attached hydrogen (secondary N) is 3. The molecule has 5 heterocycles. The molecule has 0 spiro atoms. The molecule has 122 valence electrons. The molecule has 9 nitrogen and oxygen atoms in total. The van der Waals surface area contributed by atoms with Crippen LogP contribution in [0.25, 0.3) is 33.7 Å². The summed E-state index contributed by atoms with van der Waals surface area (Å²) in [5.74, 6) is 1.02. The van der Waals surface area contributed by atoms with Gasteiger partial charge in [-0.3, -0.25) is 5.10 Å². The Kier molecular flexibility index (Phi) is 2.80. The molecule has 1 atom stereocenters. The van der Waals surface area contributed by atoms with Crippen molar-refractivity contribution in [3.8, 4) is 11.5 Å². The molecular formula is C16H13N9. The van der Waals surface area contributed by atoms with E-state index >= 15 is 0 Å². The maximum atomic E-state index is 5.75. The minimum Gasteiger partial charge on any atom is -0.370 e. The molecule has 0 saturated carbocycles. The second-order valence-corrected chi connectivity index (χ2v) is 5.67. The summed E-state index contributed by atoms with van der Waals surface area (Å²) in [6.07, 6.45) is 7.11. The summed E-state index contributed by atoms with van der Waals surface area (Å²) in [5.41, 5.74) is 9.60. The summed E-state index contributed by atoms with van der Waals surface area (Å²) in [6, 6.07) is 5.68. The van der Waals surface area contributed by atoms with Gasteiger partial charge >= 0.3 is 0 Å². The van der Waals surface area contributed by atoms with Gasteiger partial charge in [0.2, 0.25) is 0 Å². The number of aliphatic imine (C=N–C) groups is 1. The SMILES string of the molecule is NC1=NC=CC(c2cnc3[nH]nc(-c4nc5cccnc5[nH]4)c3c2)N1. The molecule has 0 saturated heterocycles. The number of hydrogen-bond acceptors (Lipinski definition) is 7. The lowest BCUT2D eigenvalue weighted by Gasteiger charge is -2.18. The fraction of sp³-hybridized carbons (Fsp3) is 0.0625. The molecule has 1 unspecified atom stereocenters. The van der Waals surface area contributed by atoms with Crippen molar-refractivity contribution in [1.82, 2.24) is 35.5 Å². The number of rotatable bonds is 2. The van der Waals surface area contributed by atoms with Crippen LogP contribution >= 0.6 is 0 Å². The van der Waals surface area contributed by atoms with Crippen LogP contribution in [0, 0.1) is 0 Å². The number of H-pyrrole nitrogens is 2. The highest BCUT2D eigenvalue weighted by molar-refractivity contribution is 5.91. The van der Waals surface area contributed by atoms with Crippen molar-refractivity contribution in [1.29, 1.82) is 0 Å². The molecule has 1 aliphatic rings. The van der Waals surface area contributed by atoms with E-state index in [1.165, 1.54) is 0 Å². The number of aromatic amines is 2. The Morgan fingerprint density at radius 1 is 1.16 bits per heavy atom. The van der Waals surface area contributed by atoms with Crippen molar-refractivity contribution in [3.05, 3.63) is 48.4 Å². The van der Waals surface area contributed by atoms with Crippen LogP contribution in [0.1, 0.15) is 11.6 Å². The van der Waals surface area contributed by atoms with Crippen LogP contribution in [0.15, 0.2) is 47.9 Å². The van der Waals surface area contributed by atoms with Gasteiger partial charge in [-0.05, 0) is 29.8 Å². The Morgan fingerprint density at radius 3 is 3.00 bits per heavy atom. The van der Waals surface area contributed by atoms with Crippen molar-refractivity contribution < 1.29 is 0 Å². The Balaban J connectivity index is 1.63. The van der Waals surface area contributed by atoms with Crippen LogP contribution < -0.4 is 11.1 Å². The first-order valence-electron chi connectivity index (χ1n) is 7.69. The normalized spacial score (nSPS) is 17.0. The van der Waals surface area contributed by atoms with E-state index in [2.05, 4.69) is 40.4 Å². The van der Waals surface area contributed by atoms with Crippen molar-refractivity contribution in [2.75, 3.05) is 0 Å². The molecule has 0 aliphatic carbocycles. The third kappa shape index (κ3) is 2.21. The van der Waals surface area contributed by atoms with E-state index in [4.69, 9.17) is 5.73 Å². The number of fused-ring (bicyclic) bond motifs is 2. The molecule has 0 amide bonds. The van der Waals surface area contributed by atoms with E-state index in [-0.39, 0.29) is 6.04 Å². The maximum Gasteiger partial charge on any atom is 0.193 e. The highest BCUT2D eigenvalue weighted by Crippen LogP contribution is 2.27. The number of aromatic nitrogens is 6.